The molecule has 112 valence electrons. The third kappa shape index (κ3) is 3.18. The van der Waals surface area contributed by atoms with Crippen molar-refractivity contribution in [3.05, 3.63) is 30.1 Å². The summed E-state index contributed by atoms with van der Waals surface area (Å²) in [7, 11) is 5.42. The maximum atomic E-state index is 14.0. The van der Waals surface area contributed by atoms with E-state index < -0.39 is 0 Å². The second-order valence-electron chi connectivity index (χ2n) is 4.60. The molecule has 0 amide bonds. The van der Waals surface area contributed by atoms with Crippen molar-refractivity contribution in [1.29, 1.82) is 0 Å². The lowest BCUT2D eigenvalue weighted by molar-refractivity contribution is 0.624. The molecular weight excluding hydrogens is 271 g/mol. The van der Waals surface area contributed by atoms with Crippen LogP contribution in [0.2, 0.25) is 0 Å². The van der Waals surface area contributed by atoms with E-state index in [1.165, 1.54) is 6.07 Å². The van der Waals surface area contributed by atoms with Crippen molar-refractivity contribution in [2.24, 2.45) is 0 Å². The van der Waals surface area contributed by atoms with E-state index in [9.17, 15) is 4.39 Å². The van der Waals surface area contributed by atoms with Crippen LogP contribution in [0.25, 0.3) is 0 Å². The molecule has 0 aliphatic heterocycles. The van der Waals surface area contributed by atoms with Crippen molar-refractivity contribution in [3.8, 4) is 0 Å². The Kier molecular flexibility index (Phi) is 4.52. The molecule has 1 aromatic carbocycles. The van der Waals surface area contributed by atoms with Crippen molar-refractivity contribution in [2.45, 2.75) is 6.92 Å². The first-order chi connectivity index (χ1) is 10.1. The average molecular weight is 290 g/mol. The highest BCUT2D eigenvalue weighted by Gasteiger charge is 2.17. The van der Waals surface area contributed by atoms with E-state index in [1.807, 2.05) is 21.0 Å². The molecule has 1 heterocycles. The topological polar surface area (TPSA) is 57.2 Å². The maximum Gasteiger partial charge on any atom is 0.236 e. The SMILES string of the molecule is CCN(c1nc(NC)nc(N(C)C)n1)c1ccccc1F. The van der Waals surface area contributed by atoms with Gasteiger partial charge >= 0.3 is 0 Å². The van der Waals surface area contributed by atoms with Gasteiger partial charge in [0.1, 0.15) is 5.82 Å². The fourth-order valence-electron chi connectivity index (χ4n) is 1.88. The van der Waals surface area contributed by atoms with Crippen LogP contribution in [0.4, 0.5) is 27.9 Å². The quantitative estimate of drug-likeness (QED) is 0.911. The maximum absolute atomic E-state index is 14.0. The Balaban J connectivity index is 2.52. The highest BCUT2D eigenvalue weighted by molar-refractivity contribution is 5.59. The molecule has 1 aromatic heterocycles. The predicted molar refractivity (Wildman–Crippen MR) is 82.8 cm³/mol. The van der Waals surface area contributed by atoms with E-state index in [0.717, 1.165) is 0 Å². The first-order valence-corrected chi connectivity index (χ1v) is 6.70. The molecule has 0 unspecified atom stereocenters. The van der Waals surface area contributed by atoms with Gasteiger partial charge in [-0.25, -0.2) is 4.39 Å². The van der Waals surface area contributed by atoms with Gasteiger partial charge < -0.3 is 15.1 Å². The van der Waals surface area contributed by atoms with Crippen LogP contribution < -0.4 is 15.1 Å². The molecule has 0 fully saturated rings. The number of nitrogens with one attached hydrogen (secondary N) is 1. The number of hydrogen-bond donors (Lipinski definition) is 1. The molecule has 21 heavy (non-hydrogen) atoms. The van der Waals surface area contributed by atoms with Crippen LogP contribution in [0.3, 0.4) is 0 Å². The first kappa shape index (κ1) is 15.0. The van der Waals surface area contributed by atoms with Crippen LogP contribution in [-0.2, 0) is 0 Å². The van der Waals surface area contributed by atoms with Gasteiger partial charge in [0.05, 0.1) is 5.69 Å². The van der Waals surface area contributed by atoms with Gasteiger partial charge in [0, 0.05) is 27.7 Å². The van der Waals surface area contributed by atoms with E-state index in [1.54, 1.807) is 35.0 Å². The molecule has 0 aliphatic carbocycles. The number of hydrogen-bond acceptors (Lipinski definition) is 6. The largest absolute Gasteiger partial charge is 0.357 e. The summed E-state index contributed by atoms with van der Waals surface area (Å²) in [5.41, 5.74) is 0.443. The van der Waals surface area contributed by atoms with Gasteiger partial charge in [0.15, 0.2) is 0 Å². The summed E-state index contributed by atoms with van der Waals surface area (Å²) >= 11 is 0. The summed E-state index contributed by atoms with van der Waals surface area (Å²) in [4.78, 5) is 16.5. The minimum absolute atomic E-state index is 0.308. The molecule has 6 nitrogen and oxygen atoms in total. The Morgan fingerprint density at radius 2 is 1.76 bits per heavy atom. The molecule has 7 heteroatoms. The third-order valence-corrected chi connectivity index (χ3v) is 2.94. The zero-order valence-corrected chi connectivity index (χ0v) is 12.6. The predicted octanol–water partition coefficient (Wildman–Crippen LogP) is 2.28. The monoisotopic (exact) mass is 290 g/mol. The zero-order valence-electron chi connectivity index (χ0n) is 12.6. The molecule has 2 aromatic rings. The zero-order chi connectivity index (χ0) is 15.4. The Hall–Kier alpha value is -2.44. The molecule has 0 atom stereocenters. The summed E-state index contributed by atoms with van der Waals surface area (Å²) in [6.07, 6.45) is 0. The molecule has 2 rings (SSSR count). The van der Waals surface area contributed by atoms with Gasteiger partial charge in [-0.05, 0) is 19.1 Å². The van der Waals surface area contributed by atoms with Crippen molar-refractivity contribution in [2.75, 3.05) is 42.8 Å². The Bertz CT molecular complexity index is 616. The molecule has 0 saturated carbocycles. The number of anilines is 4. The van der Waals surface area contributed by atoms with E-state index in [0.29, 0.717) is 30.1 Å². The molecular formula is C14H19FN6. The summed E-state index contributed by atoms with van der Waals surface area (Å²) in [5, 5.41) is 2.90. The Morgan fingerprint density at radius 1 is 1.10 bits per heavy atom. The summed E-state index contributed by atoms with van der Waals surface area (Å²) in [5.74, 6) is 1.06. The molecule has 0 spiro atoms. The minimum Gasteiger partial charge on any atom is -0.357 e. The van der Waals surface area contributed by atoms with Crippen LogP contribution in [0.15, 0.2) is 24.3 Å². The van der Waals surface area contributed by atoms with Gasteiger partial charge in [-0.3, -0.25) is 0 Å². The molecule has 1 N–H and O–H groups in total. The van der Waals surface area contributed by atoms with Crippen LogP contribution in [0, 0.1) is 5.82 Å². The van der Waals surface area contributed by atoms with Crippen molar-refractivity contribution in [1.82, 2.24) is 15.0 Å². The lowest BCUT2D eigenvalue weighted by atomic mass is 10.3. The first-order valence-electron chi connectivity index (χ1n) is 6.70. The number of para-hydroxylation sites is 1. The number of nitrogens with zero attached hydrogens (tertiary/aromatic N) is 5. The Morgan fingerprint density at radius 3 is 2.33 bits per heavy atom. The van der Waals surface area contributed by atoms with E-state index in [-0.39, 0.29) is 5.82 Å². The van der Waals surface area contributed by atoms with Gasteiger partial charge in [-0.15, -0.1) is 0 Å². The lowest BCUT2D eigenvalue weighted by Crippen LogP contribution is -2.23. The second-order valence-corrected chi connectivity index (χ2v) is 4.60. The van der Waals surface area contributed by atoms with Crippen LogP contribution in [0.5, 0.6) is 0 Å². The van der Waals surface area contributed by atoms with Crippen LogP contribution in [0.1, 0.15) is 6.92 Å². The van der Waals surface area contributed by atoms with Gasteiger partial charge in [0.2, 0.25) is 17.8 Å². The normalized spacial score (nSPS) is 10.3. The highest BCUT2D eigenvalue weighted by atomic mass is 19.1. The fourth-order valence-corrected chi connectivity index (χ4v) is 1.88. The van der Waals surface area contributed by atoms with Gasteiger partial charge in [0.25, 0.3) is 0 Å². The number of halogens is 1. The van der Waals surface area contributed by atoms with Crippen molar-refractivity contribution < 1.29 is 4.39 Å². The average Bonchev–Trinajstić information content (AvgIpc) is 2.49. The highest BCUT2D eigenvalue weighted by Crippen LogP contribution is 2.26. The number of rotatable bonds is 5. The van der Waals surface area contributed by atoms with Gasteiger partial charge in [-0.2, -0.15) is 15.0 Å². The number of benzene rings is 1. The summed E-state index contributed by atoms with van der Waals surface area (Å²) in [6.45, 7) is 2.46. The standard InChI is InChI=1S/C14H19FN6/c1-5-21(11-9-7-6-8-10(11)15)14-18-12(16-2)17-13(19-14)20(3)4/h6-9H,5H2,1-4H3,(H,16,17,18,19). The lowest BCUT2D eigenvalue weighted by Gasteiger charge is -2.23. The van der Waals surface area contributed by atoms with Crippen molar-refractivity contribution >= 4 is 23.5 Å². The fraction of sp³-hybridized carbons (Fsp3) is 0.357. The van der Waals surface area contributed by atoms with E-state index >= 15 is 0 Å². The summed E-state index contributed by atoms with van der Waals surface area (Å²) < 4.78 is 14.0. The molecule has 0 radical (unpaired) electrons. The minimum atomic E-state index is -0.308. The third-order valence-electron chi connectivity index (χ3n) is 2.94. The second kappa shape index (κ2) is 6.34. The molecule has 0 bridgehead atoms. The molecule has 0 aliphatic rings. The van der Waals surface area contributed by atoms with Crippen molar-refractivity contribution in [3.63, 3.8) is 0 Å². The summed E-state index contributed by atoms with van der Waals surface area (Å²) in [6, 6.07) is 6.57. The Labute approximate surface area is 123 Å². The van der Waals surface area contributed by atoms with Crippen LogP contribution in [-0.4, -0.2) is 42.6 Å². The van der Waals surface area contributed by atoms with Gasteiger partial charge in [-0.1, -0.05) is 12.1 Å². The smallest absolute Gasteiger partial charge is 0.236 e. The number of aromatic nitrogens is 3. The van der Waals surface area contributed by atoms with E-state index in [2.05, 4.69) is 20.3 Å². The molecule has 0 saturated heterocycles. The van der Waals surface area contributed by atoms with E-state index in [4.69, 9.17) is 0 Å². The van der Waals surface area contributed by atoms with Crippen LogP contribution >= 0.6 is 0 Å².